The van der Waals surface area contributed by atoms with Crippen LogP contribution < -0.4 is 16.0 Å². The van der Waals surface area contributed by atoms with Gasteiger partial charge in [0.05, 0.1) is 6.54 Å². The van der Waals surface area contributed by atoms with E-state index in [1.165, 1.54) is 5.56 Å². The summed E-state index contributed by atoms with van der Waals surface area (Å²) in [6, 6.07) is 13.2. The summed E-state index contributed by atoms with van der Waals surface area (Å²) in [5.74, 6) is -0.131. The standard InChI is InChI=1S/C19H23N3O2/c1-4-18(23)21-16-8-6-15(7-9-16)20-12-19(24)22-17-10-5-13(2)11-14(17)3/h5-11,20H,4,12H2,1-3H3,(H,21,23)(H,22,24). The number of anilines is 3. The average Bonchev–Trinajstić information content (AvgIpc) is 2.56. The molecular weight excluding hydrogens is 302 g/mol. The molecule has 0 aromatic heterocycles. The van der Waals surface area contributed by atoms with Crippen LogP contribution in [0, 0.1) is 13.8 Å². The van der Waals surface area contributed by atoms with Crippen LogP contribution in [0.2, 0.25) is 0 Å². The van der Waals surface area contributed by atoms with E-state index in [0.717, 1.165) is 22.6 Å². The Morgan fingerprint density at radius 1 is 0.875 bits per heavy atom. The van der Waals surface area contributed by atoms with E-state index in [2.05, 4.69) is 16.0 Å². The van der Waals surface area contributed by atoms with Gasteiger partial charge in [0.25, 0.3) is 0 Å². The maximum absolute atomic E-state index is 12.0. The Labute approximate surface area is 142 Å². The van der Waals surface area contributed by atoms with Crippen LogP contribution in [-0.4, -0.2) is 18.4 Å². The van der Waals surface area contributed by atoms with Crippen molar-refractivity contribution in [3.8, 4) is 0 Å². The average molecular weight is 325 g/mol. The highest BCUT2D eigenvalue weighted by Gasteiger charge is 2.05. The van der Waals surface area contributed by atoms with Crippen LogP contribution in [0.4, 0.5) is 17.1 Å². The first-order chi connectivity index (χ1) is 11.5. The van der Waals surface area contributed by atoms with E-state index < -0.39 is 0 Å². The van der Waals surface area contributed by atoms with Crippen molar-refractivity contribution in [1.82, 2.24) is 0 Å². The number of aryl methyl sites for hydroxylation is 2. The molecule has 3 N–H and O–H groups in total. The smallest absolute Gasteiger partial charge is 0.243 e. The Kier molecular flexibility index (Phi) is 5.95. The van der Waals surface area contributed by atoms with E-state index in [1.807, 2.05) is 44.2 Å². The summed E-state index contributed by atoms with van der Waals surface area (Å²) in [6.45, 7) is 5.97. The van der Waals surface area contributed by atoms with Crippen molar-refractivity contribution in [3.05, 3.63) is 53.6 Å². The van der Waals surface area contributed by atoms with Crippen molar-refractivity contribution in [2.24, 2.45) is 0 Å². The minimum Gasteiger partial charge on any atom is -0.376 e. The third kappa shape index (κ3) is 5.12. The Bertz CT molecular complexity index is 724. The summed E-state index contributed by atoms with van der Waals surface area (Å²) in [5.41, 5.74) is 4.59. The van der Waals surface area contributed by atoms with Crippen molar-refractivity contribution >= 4 is 28.9 Å². The molecular formula is C19H23N3O2. The minimum absolute atomic E-state index is 0.0245. The number of nitrogens with one attached hydrogen (secondary N) is 3. The molecule has 5 heteroatoms. The van der Waals surface area contributed by atoms with Crippen LogP contribution in [0.5, 0.6) is 0 Å². The molecule has 0 atom stereocenters. The summed E-state index contributed by atoms with van der Waals surface area (Å²) < 4.78 is 0. The van der Waals surface area contributed by atoms with Gasteiger partial charge in [-0.15, -0.1) is 0 Å². The highest BCUT2D eigenvalue weighted by Crippen LogP contribution is 2.16. The summed E-state index contributed by atoms with van der Waals surface area (Å²) in [4.78, 5) is 23.4. The third-order valence-corrected chi connectivity index (χ3v) is 3.60. The Balaban J connectivity index is 1.86. The molecule has 126 valence electrons. The lowest BCUT2D eigenvalue weighted by Crippen LogP contribution is -2.22. The molecule has 2 aromatic carbocycles. The van der Waals surface area contributed by atoms with Gasteiger partial charge in [-0.3, -0.25) is 9.59 Å². The molecule has 5 nitrogen and oxygen atoms in total. The van der Waals surface area contributed by atoms with E-state index in [0.29, 0.717) is 6.42 Å². The van der Waals surface area contributed by atoms with Crippen LogP contribution in [0.25, 0.3) is 0 Å². The van der Waals surface area contributed by atoms with Crippen molar-refractivity contribution in [2.75, 3.05) is 22.5 Å². The normalized spacial score (nSPS) is 10.1. The summed E-state index contributed by atoms with van der Waals surface area (Å²) >= 11 is 0. The lowest BCUT2D eigenvalue weighted by atomic mass is 10.1. The van der Waals surface area contributed by atoms with E-state index in [-0.39, 0.29) is 18.4 Å². The topological polar surface area (TPSA) is 70.2 Å². The van der Waals surface area contributed by atoms with Gasteiger partial charge in [-0.2, -0.15) is 0 Å². The third-order valence-electron chi connectivity index (χ3n) is 3.60. The largest absolute Gasteiger partial charge is 0.376 e. The lowest BCUT2D eigenvalue weighted by molar-refractivity contribution is -0.116. The van der Waals surface area contributed by atoms with Gasteiger partial charge in [0.1, 0.15) is 0 Å². The fraction of sp³-hybridized carbons (Fsp3) is 0.263. The quantitative estimate of drug-likeness (QED) is 0.758. The number of carbonyl (C=O) groups is 2. The van der Waals surface area contributed by atoms with Crippen LogP contribution in [-0.2, 0) is 9.59 Å². The second-order valence-corrected chi connectivity index (χ2v) is 5.70. The van der Waals surface area contributed by atoms with Crippen LogP contribution >= 0.6 is 0 Å². The molecule has 0 spiro atoms. The van der Waals surface area contributed by atoms with Gasteiger partial charge in [0, 0.05) is 23.5 Å². The van der Waals surface area contributed by atoms with Gasteiger partial charge >= 0.3 is 0 Å². The summed E-state index contributed by atoms with van der Waals surface area (Å²) in [7, 11) is 0. The zero-order chi connectivity index (χ0) is 17.5. The summed E-state index contributed by atoms with van der Waals surface area (Å²) in [5, 5.41) is 8.74. The van der Waals surface area contributed by atoms with Crippen LogP contribution in [0.15, 0.2) is 42.5 Å². The Morgan fingerprint density at radius 3 is 2.17 bits per heavy atom. The number of hydrogen-bond donors (Lipinski definition) is 3. The number of rotatable bonds is 6. The van der Waals surface area contributed by atoms with Gasteiger partial charge in [0.2, 0.25) is 11.8 Å². The maximum Gasteiger partial charge on any atom is 0.243 e. The number of benzene rings is 2. The molecule has 0 aliphatic rings. The van der Waals surface area contributed by atoms with Gasteiger partial charge < -0.3 is 16.0 Å². The molecule has 0 aliphatic carbocycles. The first kappa shape index (κ1) is 17.5. The van der Waals surface area contributed by atoms with Crippen molar-refractivity contribution in [2.45, 2.75) is 27.2 Å². The molecule has 24 heavy (non-hydrogen) atoms. The van der Waals surface area contributed by atoms with Gasteiger partial charge in [-0.25, -0.2) is 0 Å². The molecule has 0 heterocycles. The molecule has 2 aromatic rings. The molecule has 0 saturated carbocycles. The van der Waals surface area contributed by atoms with Crippen molar-refractivity contribution < 1.29 is 9.59 Å². The second-order valence-electron chi connectivity index (χ2n) is 5.70. The highest BCUT2D eigenvalue weighted by molar-refractivity contribution is 5.94. The van der Waals surface area contributed by atoms with Crippen LogP contribution in [0.3, 0.4) is 0 Å². The molecule has 2 amide bonds. The van der Waals surface area contributed by atoms with Crippen LogP contribution in [0.1, 0.15) is 24.5 Å². The zero-order valence-corrected chi connectivity index (χ0v) is 14.3. The fourth-order valence-corrected chi connectivity index (χ4v) is 2.25. The van der Waals surface area contributed by atoms with E-state index in [9.17, 15) is 9.59 Å². The van der Waals surface area contributed by atoms with E-state index >= 15 is 0 Å². The molecule has 0 unspecified atom stereocenters. The maximum atomic E-state index is 12.0. The zero-order valence-electron chi connectivity index (χ0n) is 14.3. The number of amides is 2. The molecule has 0 bridgehead atoms. The van der Waals surface area contributed by atoms with Gasteiger partial charge in [-0.1, -0.05) is 24.6 Å². The van der Waals surface area contributed by atoms with Crippen molar-refractivity contribution in [1.29, 1.82) is 0 Å². The lowest BCUT2D eigenvalue weighted by Gasteiger charge is -2.11. The number of carbonyl (C=O) groups excluding carboxylic acids is 2. The Morgan fingerprint density at radius 2 is 1.54 bits per heavy atom. The predicted molar refractivity (Wildman–Crippen MR) is 98.4 cm³/mol. The van der Waals surface area contributed by atoms with E-state index in [4.69, 9.17) is 0 Å². The predicted octanol–water partition coefficient (Wildman–Crippen LogP) is 3.70. The Hall–Kier alpha value is -2.82. The van der Waals surface area contributed by atoms with Gasteiger partial charge in [-0.05, 0) is 49.7 Å². The monoisotopic (exact) mass is 325 g/mol. The molecule has 0 aliphatic heterocycles. The highest BCUT2D eigenvalue weighted by atomic mass is 16.2. The molecule has 2 rings (SSSR count). The van der Waals surface area contributed by atoms with Crippen molar-refractivity contribution in [3.63, 3.8) is 0 Å². The second kappa shape index (κ2) is 8.15. The SMILES string of the molecule is CCC(=O)Nc1ccc(NCC(=O)Nc2ccc(C)cc2C)cc1. The first-order valence-corrected chi connectivity index (χ1v) is 7.99. The summed E-state index contributed by atoms with van der Waals surface area (Å²) in [6.07, 6.45) is 0.443. The number of hydrogen-bond acceptors (Lipinski definition) is 3. The first-order valence-electron chi connectivity index (χ1n) is 7.99. The molecule has 0 saturated heterocycles. The molecule has 0 radical (unpaired) electrons. The molecule has 0 fully saturated rings. The van der Waals surface area contributed by atoms with E-state index in [1.54, 1.807) is 19.1 Å². The fourth-order valence-electron chi connectivity index (χ4n) is 2.25. The van der Waals surface area contributed by atoms with Gasteiger partial charge in [0.15, 0.2) is 0 Å². The minimum atomic E-state index is -0.106.